The molecule has 1 saturated heterocycles. The van der Waals surface area contributed by atoms with Crippen molar-refractivity contribution in [2.45, 2.75) is 84.2 Å². The molecule has 2 N–H and O–H groups in total. The summed E-state index contributed by atoms with van der Waals surface area (Å²) in [5.74, 6) is -3.03. The smallest absolute Gasteiger partial charge is 0.338 e. The second-order valence-electron chi connectivity index (χ2n) is 14.3. The fraction of sp³-hybridized carbons (Fsp3) is 0.475. The molecule has 5 rings (SSSR count). The molecule has 0 radical (unpaired) electrons. The van der Waals surface area contributed by atoms with E-state index in [9.17, 15) is 29.1 Å². The maximum absolute atomic E-state index is 13.5. The molecule has 0 bridgehead atoms. The second kappa shape index (κ2) is 15.6. The Kier molecular flexibility index (Phi) is 11.5. The number of esters is 4. The minimum atomic E-state index is -1.79. The topological polar surface area (TPSA) is 155 Å². The molecule has 1 aliphatic heterocycles. The highest BCUT2D eigenvalue weighted by Gasteiger charge is 2.59. The molecule has 0 aromatic heterocycles. The quantitative estimate of drug-likeness (QED) is 0.139. The zero-order valence-corrected chi connectivity index (χ0v) is 29.6. The van der Waals surface area contributed by atoms with Crippen molar-refractivity contribution in [1.29, 1.82) is 0 Å². The Hall–Kier alpha value is -4.77. The molecule has 11 nitrogen and oxygen atoms in total. The highest BCUT2D eigenvalue weighted by molar-refractivity contribution is 5.95. The van der Waals surface area contributed by atoms with Crippen LogP contribution in [0.4, 0.5) is 0 Å². The number of allylic oxidation sites excluding steroid dienone is 2. The molecule has 2 aromatic rings. The standard InChI is InChI=1S/C40H47NO10/c1-24-16-19-32-39(4,21-20-33(50-26(3)43)40(32,5)23-49-25(2)42)30(24)18-17-29-31(22-48-37(29)46)51-38(47)35(44)34(27-12-8-6-9-13-27)41-36(45)28-14-10-7-11-15-28/h6-15,17,30-35,44H,1,16,18-23H2,2-5H3,(H,41,45)/b29-17-/t30-,31?,32?,33-,34?,35?,39+,40+/m1/s1. The number of fused-ring (bicyclic) bond motifs is 1. The summed E-state index contributed by atoms with van der Waals surface area (Å²) in [6.07, 6.45) is 1.56. The number of aliphatic hydroxyl groups is 1. The van der Waals surface area contributed by atoms with Crippen LogP contribution in [0.1, 0.15) is 81.8 Å². The molecule has 272 valence electrons. The normalized spacial score (nSPS) is 29.2. The zero-order valence-electron chi connectivity index (χ0n) is 29.6. The summed E-state index contributed by atoms with van der Waals surface area (Å²) in [6.45, 7) is 11.2. The third kappa shape index (κ3) is 8.09. The van der Waals surface area contributed by atoms with Crippen LogP contribution in [0.5, 0.6) is 0 Å². The van der Waals surface area contributed by atoms with Gasteiger partial charge in [0.1, 0.15) is 19.3 Å². The SMILES string of the molecule is C=C1CCC2[C@](C)(COC(C)=O)[C@H](OC(C)=O)CC[C@@]2(C)[C@@H]1C/C=C1\C(=O)OCC1OC(=O)C(O)C(NC(=O)c1ccccc1)c1ccccc1. The molecular formula is C40H47NO10. The van der Waals surface area contributed by atoms with Crippen LogP contribution < -0.4 is 5.32 Å². The van der Waals surface area contributed by atoms with Crippen molar-refractivity contribution in [2.75, 3.05) is 13.2 Å². The molecule has 0 spiro atoms. The van der Waals surface area contributed by atoms with E-state index in [1.807, 2.05) is 6.92 Å². The van der Waals surface area contributed by atoms with Crippen molar-refractivity contribution in [2.24, 2.45) is 22.7 Å². The molecule has 1 amide bonds. The highest BCUT2D eigenvalue weighted by atomic mass is 16.6. The van der Waals surface area contributed by atoms with Gasteiger partial charge in [0.15, 0.2) is 12.2 Å². The van der Waals surface area contributed by atoms with E-state index in [0.717, 1.165) is 12.0 Å². The lowest BCUT2D eigenvalue weighted by Crippen LogP contribution is -2.58. The molecular weight excluding hydrogens is 654 g/mol. The van der Waals surface area contributed by atoms with Crippen molar-refractivity contribution in [3.63, 3.8) is 0 Å². The summed E-state index contributed by atoms with van der Waals surface area (Å²) >= 11 is 0. The van der Waals surface area contributed by atoms with E-state index >= 15 is 0 Å². The van der Waals surface area contributed by atoms with Gasteiger partial charge in [-0.15, -0.1) is 0 Å². The number of benzene rings is 2. The van der Waals surface area contributed by atoms with Gasteiger partial charge in [-0.3, -0.25) is 14.4 Å². The number of carbonyl (C=O) groups excluding carboxylic acids is 5. The minimum absolute atomic E-state index is 0.00309. The van der Waals surface area contributed by atoms with E-state index in [1.54, 1.807) is 66.7 Å². The van der Waals surface area contributed by atoms with Gasteiger partial charge in [-0.25, -0.2) is 9.59 Å². The number of amides is 1. The zero-order chi connectivity index (χ0) is 36.9. The van der Waals surface area contributed by atoms with Crippen molar-refractivity contribution >= 4 is 29.8 Å². The molecule has 2 aromatic carbocycles. The average Bonchev–Trinajstić information content (AvgIpc) is 3.45. The van der Waals surface area contributed by atoms with E-state index in [0.29, 0.717) is 36.8 Å². The Labute approximate surface area is 298 Å². The molecule has 2 saturated carbocycles. The average molecular weight is 702 g/mol. The molecule has 3 fully saturated rings. The maximum atomic E-state index is 13.5. The fourth-order valence-electron chi connectivity index (χ4n) is 8.43. The van der Waals surface area contributed by atoms with Crippen LogP contribution in [-0.2, 0) is 38.1 Å². The van der Waals surface area contributed by atoms with Crippen LogP contribution in [-0.4, -0.2) is 66.4 Å². The molecule has 11 heteroatoms. The second-order valence-corrected chi connectivity index (χ2v) is 14.3. The third-order valence-corrected chi connectivity index (χ3v) is 11.0. The van der Waals surface area contributed by atoms with Crippen molar-refractivity contribution in [3.05, 3.63) is 95.6 Å². The van der Waals surface area contributed by atoms with Gasteiger partial charge < -0.3 is 29.4 Å². The Balaban J connectivity index is 1.35. The number of rotatable bonds is 11. The lowest BCUT2D eigenvalue weighted by Gasteiger charge is -2.60. The number of hydrogen-bond donors (Lipinski definition) is 2. The molecule has 8 atom stereocenters. The Morgan fingerprint density at radius 3 is 2.31 bits per heavy atom. The first-order chi connectivity index (χ1) is 24.2. The van der Waals surface area contributed by atoms with E-state index in [1.165, 1.54) is 13.8 Å². The van der Waals surface area contributed by atoms with Gasteiger partial charge in [0.05, 0.1) is 11.6 Å². The van der Waals surface area contributed by atoms with Crippen LogP contribution in [0, 0.1) is 22.7 Å². The number of nitrogens with one attached hydrogen (secondary N) is 1. The van der Waals surface area contributed by atoms with Crippen molar-refractivity contribution < 1.29 is 48.0 Å². The first-order valence-electron chi connectivity index (χ1n) is 17.4. The molecule has 2 aliphatic carbocycles. The number of hydrogen-bond acceptors (Lipinski definition) is 10. The summed E-state index contributed by atoms with van der Waals surface area (Å²) in [7, 11) is 0. The number of cyclic esters (lactones) is 1. The van der Waals surface area contributed by atoms with Gasteiger partial charge in [0.2, 0.25) is 0 Å². The van der Waals surface area contributed by atoms with Crippen LogP contribution >= 0.6 is 0 Å². The summed E-state index contributed by atoms with van der Waals surface area (Å²) in [5, 5.41) is 14.0. The monoisotopic (exact) mass is 701 g/mol. The largest absolute Gasteiger partial charge is 0.465 e. The Bertz CT molecular complexity index is 1670. The first-order valence-corrected chi connectivity index (χ1v) is 17.4. The van der Waals surface area contributed by atoms with E-state index in [2.05, 4.69) is 18.8 Å². The predicted molar refractivity (Wildman–Crippen MR) is 186 cm³/mol. The number of carbonyl (C=O) groups is 5. The molecule has 1 heterocycles. The van der Waals surface area contributed by atoms with E-state index in [4.69, 9.17) is 18.9 Å². The number of aliphatic hydroxyl groups excluding tert-OH is 1. The Morgan fingerprint density at radius 2 is 1.67 bits per heavy atom. The van der Waals surface area contributed by atoms with Gasteiger partial charge >= 0.3 is 23.9 Å². The molecule has 4 unspecified atom stereocenters. The van der Waals surface area contributed by atoms with Crippen LogP contribution in [0.15, 0.2) is 84.5 Å². The van der Waals surface area contributed by atoms with Crippen molar-refractivity contribution in [1.82, 2.24) is 5.32 Å². The van der Waals surface area contributed by atoms with E-state index in [-0.39, 0.29) is 36.0 Å². The summed E-state index contributed by atoms with van der Waals surface area (Å²) in [4.78, 5) is 63.5. The summed E-state index contributed by atoms with van der Waals surface area (Å²) in [5.41, 5.74) is 1.02. The number of ether oxygens (including phenoxy) is 4. The van der Waals surface area contributed by atoms with E-state index < -0.39 is 59.6 Å². The van der Waals surface area contributed by atoms with Crippen LogP contribution in [0.3, 0.4) is 0 Å². The summed E-state index contributed by atoms with van der Waals surface area (Å²) in [6, 6.07) is 15.9. The van der Waals surface area contributed by atoms with Gasteiger partial charge in [-0.2, -0.15) is 0 Å². The van der Waals surface area contributed by atoms with Crippen LogP contribution in [0.2, 0.25) is 0 Å². The van der Waals surface area contributed by atoms with Gasteiger partial charge in [0, 0.05) is 24.8 Å². The third-order valence-electron chi connectivity index (χ3n) is 11.0. The van der Waals surface area contributed by atoms with Gasteiger partial charge in [-0.05, 0) is 67.1 Å². The molecule has 3 aliphatic rings. The highest BCUT2D eigenvalue weighted by Crippen LogP contribution is 2.62. The maximum Gasteiger partial charge on any atom is 0.338 e. The molecule has 51 heavy (non-hydrogen) atoms. The predicted octanol–water partition coefficient (Wildman–Crippen LogP) is 5.19. The Morgan fingerprint density at radius 1 is 1.00 bits per heavy atom. The van der Waals surface area contributed by atoms with Gasteiger partial charge in [-0.1, -0.05) is 80.6 Å². The minimum Gasteiger partial charge on any atom is -0.465 e. The summed E-state index contributed by atoms with van der Waals surface area (Å²) < 4.78 is 22.4. The lowest BCUT2D eigenvalue weighted by molar-refractivity contribution is -0.191. The van der Waals surface area contributed by atoms with Gasteiger partial charge in [0.25, 0.3) is 5.91 Å². The fourth-order valence-corrected chi connectivity index (χ4v) is 8.43. The lowest BCUT2D eigenvalue weighted by atomic mass is 9.46. The first kappa shape index (κ1) is 37.5. The van der Waals surface area contributed by atoms with Crippen LogP contribution in [0.25, 0.3) is 0 Å². The van der Waals surface area contributed by atoms with Crippen molar-refractivity contribution in [3.8, 4) is 0 Å².